The van der Waals surface area contributed by atoms with Gasteiger partial charge in [-0.1, -0.05) is 18.2 Å². The maximum absolute atomic E-state index is 14.1. The van der Waals surface area contributed by atoms with Gasteiger partial charge in [0.25, 0.3) is 5.91 Å². The summed E-state index contributed by atoms with van der Waals surface area (Å²) < 4.78 is 30.1. The number of hydrogen-bond donors (Lipinski definition) is 1. The van der Waals surface area contributed by atoms with E-state index in [0.717, 1.165) is 0 Å². The number of carbonyl (C=O) groups is 2. The summed E-state index contributed by atoms with van der Waals surface area (Å²) >= 11 is 0. The molecule has 0 spiro atoms. The fourth-order valence-corrected chi connectivity index (χ4v) is 2.81. The van der Waals surface area contributed by atoms with Crippen LogP contribution in [0.3, 0.4) is 0 Å². The molecule has 2 aromatic rings. The topological polar surface area (TPSA) is 77.1 Å². The lowest BCUT2D eigenvalue weighted by molar-refractivity contribution is -0.142. The lowest BCUT2D eigenvalue weighted by atomic mass is 10.1. The number of benzene rings is 2. The van der Waals surface area contributed by atoms with Crippen LogP contribution in [-0.4, -0.2) is 50.1 Å². The third-order valence-corrected chi connectivity index (χ3v) is 4.50. The van der Waals surface area contributed by atoms with Crippen LogP contribution in [0.1, 0.15) is 19.4 Å². The third-order valence-electron chi connectivity index (χ3n) is 4.50. The molecule has 0 aliphatic carbocycles. The molecule has 162 valence electrons. The Labute approximate surface area is 175 Å². The van der Waals surface area contributed by atoms with Crippen molar-refractivity contribution in [3.63, 3.8) is 0 Å². The number of nitrogens with zero attached hydrogens (tertiary/aromatic N) is 1. The Kier molecular flexibility index (Phi) is 8.46. The molecule has 30 heavy (non-hydrogen) atoms. The summed E-state index contributed by atoms with van der Waals surface area (Å²) in [5.41, 5.74) is 0.310. The lowest BCUT2D eigenvalue weighted by Crippen LogP contribution is -2.49. The number of ether oxygens (including phenoxy) is 3. The number of nitrogens with one attached hydrogen (secondary N) is 1. The zero-order valence-corrected chi connectivity index (χ0v) is 17.6. The molecule has 0 fully saturated rings. The van der Waals surface area contributed by atoms with Crippen molar-refractivity contribution in [3.05, 3.63) is 53.8 Å². The van der Waals surface area contributed by atoms with Gasteiger partial charge in [0.15, 0.2) is 6.61 Å². The van der Waals surface area contributed by atoms with Crippen molar-refractivity contribution >= 4 is 11.8 Å². The van der Waals surface area contributed by atoms with E-state index in [0.29, 0.717) is 29.4 Å². The van der Waals surface area contributed by atoms with Crippen molar-refractivity contribution in [2.75, 3.05) is 27.4 Å². The summed E-state index contributed by atoms with van der Waals surface area (Å²) in [5.74, 6) is 0.156. The molecule has 0 unspecified atom stereocenters. The number of carbonyl (C=O) groups excluding carboxylic acids is 2. The van der Waals surface area contributed by atoms with Crippen molar-refractivity contribution in [1.82, 2.24) is 10.2 Å². The van der Waals surface area contributed by atoms with E-state index < -0.39 is 17.8 Å². The van der Waals surface area contributed by atoms with E-state index >= 15 is 0 Å². The van der Waals surface area contributed by atoms with Crippen LogP contribution in [0.15, 0.2) is 42.5 Å². The zero-order chi connectivity index (χ0) is 22.1. The minimum atomic E-state index is -0.805. The molecule has 0 bridgehead atoms. The van der Waals surface area contributed by atoms with Crippen molar-refractivity contribution < 1.29 is 28.2 Å². The first-order valence-corrected chi connectivity index (χ1v) is 9.56. The van der Waals surface area contributed by atoms with Crippen LogP contribution >= 0.6 is 0 Å². The Balaban J connectivity index is 2.19. The van der Waals surface area contributed by atoms with Crippen molar-refractivity contribution in [3.8, 4) is 17.2 Å². The first-order valence-electron chi connectivity index (χ1n) is 9.56. The van der Waals surface area contributed by atoms with Gasteiger partial charge in [0.1, 0.15) is 29.1 Å². The Bertz CT molecular complexity index is 852. The molecule has 0 aromatic heterocycles. The highest BCUT2D eigenvalue weighted by atomic mass is 19.1. The molecule has 0 radical (unpaired) electrons. The van der Waals surface area contributed by atoms with Gasteiger partial charge in [0.05, 0.1) is 14.2 Å². The second-order valence-corrected chi connectivity index (χ2v) is 6.52. The fraction of sp³-hybridized carbons (Fsp3) is 0.364. The van der Waals surface area contributed by atoms with E-state index in [1.165, 1.54) is 25.2 Å². The summed E-state index contributed by atoms with van der Waals surface area (Å²) in [6.45, 7) is 3.40. The monoisotopic (exact) mass is 418 g/mol. The van der Waals surface area contributed by atoms with Gasteiger partial charge in [-0.25, -0.2) is 4.39 Å². The largest absolute Gasteiger partial charge is 0.496 e. The van der Waals surface area contributed by atoms with E-state index in [-0.39, 0.29) is 19.1 Å². The van der Waals surface area contributed by atoms with Gasteiger partial charge in [0.2, 0.25) is 5.91 Å². The smallest absolute Gasteiger partial charge is 0.261 e. The first-order chi connectivity index (χ1) is 14.4. The quantitative estimate of drug-likeness (QED) is 0.642. The highest BCUT2D eigenvalue weighted by molar-refractivity contribution is 5.87. The Morgan fingerprint density at radius 2 is 1.67 bits per heavy atom. The standard InChI is InChI=1S/C22H27FN2O5/c1-5-24-22(27)15(2)25(13-16-8-6-7-9-20(16)23)21(26)14-30-19-11-17(28-3)10-18(12-19)29-4/h6-12,15H,5,13-14H2,1-4H3,(H,24,27)/t15-/m1/s1. The molecule has 0 saturated carbocycles. The Morgan fingerprint density at radius 1 is 1.07 bits per heavy atom. The number of methoxy groups -OCH3 is 2. The highest BCUT2D eigenvalue weighted by Crippen LogP contribution is 2.27. The molecule has 0 aliphatic rings. The predicted octanol–water partition coefficient (Wildman–Crippen LogP) is 2.78. The summed E-state index contributed by atoms with van der Waals surface area (Å²) in [7, 11) is 3.02. The molecular weight excluding hydrogens is 391 g/mol. The SMILES string of the molecule is CCNC(=O)[C@@H](C)N(Cc1ccccc1F)C(=O)COc1cc(OC)cc(OC)c1. The molecular formula is C22H27FN2O5. The van der Waals surface area contributed by atoms with Gasteiger partial charge in [-0.05, 0) is 19.9 Å². The van der Waals surface area contributed by atoms with Crippen molar-refractivity contribution in [1.29, 1.82) is 0 Å². The number of hydrogen-bond acceptors (Lipinski definition) is 5. The van der Waals surface area contributed by atoms with Crippen LogP contribution in [0.25, 0.3) is 0 Å². The average molecular weight is 418 g/mol. The van der Waals surface area contributed by atoms with E-state index in [4.69, 9.17) is 14.2 Å². The second-order valence-electron chi connectivity index (χ2n) is 6.52. The van der Waals surface area contributed by atoms with Crippen LogP contribution in [-0.2, 0) is 16.1 Å². The van der Waals surface area contributed by atoms with Gasteiger partial charge in [-0.15, -0.1) is 0 Å². The van der Waals surface area contributed by atoms with Crippen molar-refractivity contribution in [2.24, 2.45) is 0 Å². The molecule has 1 atom stereocenters. The minimum absolute atomic E-state index is 0.0609. The van der Waals surface area contributed by atoms with Crippen LogP contribution in [0, 0.1) is 5.82 Å². The molecule has 8 heteroatoms. The summed E-state index contributed by atoms with van der Waals surface area (Å²) in [5, 5.41) is 2.68. The van der Waals surface area contributed by atoms with E-state index in [2.05, 4.69) is 5.32 Å². The lowest BCUT2D eigenvalue weighted by Gasteiger charge is -2.28. The Morgan fingerprint density at radius 3 is 2.23 bits per heavy atom. The van der Waals surface area contributed by atoms with E-state index in [1.54, 1.807) is 50.2 Å². The van der Waals surface area contributed by atoms with Crippen LogP contribution in [0.2, 0.25) is 0 Å². The van der Waals surface area contributed by atoms with Gasteiger partial charge >= 0.3 is 0 Å². The molecule has 2 aromatic carbocycles. The number of likely N-dealkylation sites (N-methyl/N-ethyl adjacent to an activating group) is 1. The van der Waals surface area contributed by atoms with Gasteiger partial charge in [-0.3, -0.25) is 9.59 Å². The fourth-order valence-electron chi connectivity index (χ4n) is 2.81. The second kappa shape index (κ2) is 11.0. The van der Waals surface area contributed by atoms with E-state index in [1.807, 2.05) is 0 Å². The molecule has 0 heterocycles. The molecule has 1 N–H and O–H groups in total. The molecule has 0 aliphatic heterocycles. The van der Waals surface area contributed by atoms with Crippen molar-refractivity contribution in [2.45, 2.75) is 26.4 Å². The maximum atomic E-state index is 14.1. The normalized spacial score (nSPS) is 11.4. The number of halogens is 1. The van der Waals surface area contributed by atoms with Crippen LogP contribution < -0.4 is 19.5 Å². The first kappa shape index (κ1) is 23.0. The molecule has 7 nitrogen and oxygen atoms in total. The zero-order valence-electron chi connectivity index (χ0n) is 17.6. The highest BCUT2D eigenvalue weighted by Gasteiger charge is 2.27. The maximum Gasteiger partial charge on any atom is 0.261 e. The van der Waals surface area contributed by atoms with Gasteiger partial charge in [-0.2, -0.15) is 0 Å². The van der Waals surface area contributed by atoms with Gasteiger partial charge < -0.3 is 24.4 Å². The minimum Gasteiger partial charge on any atom is -0.496 e. The van der Waals surface area contributed by atoms with Crippen LogP contribution in [0.5, 0.6) is 17.2 Å². The summed E-state index contributed by atoms with van der Waals surface area (Å²) in [6.07, 6.45) is 0. The third kappa shape index (κ3) is 6.10. The number of rotatable bonds is 10. The Hall–Kier alpha value is -3.29. The van der Waals surface area contributed by atoms with E-state index in [9.17, 15) is 14.0 Å². The van der Waals surface area contributed by atoms with Crippen LogP contribution in [0.4, 0.5) is 4.39 Å². The summed E-state index contributed by atoms with van der Waals surface area (Å²) in [4.78, 5) is 26.6. The molecule has 2 rings (SSSR count). The predicted molar refractivity (Wildman–Crippen MR) is 110 cm³/mol. The number of amides is 2. The molecule has 0 saturated heterocycles. The molecule has 2 amide bonds. The average Bonchev–Trinajstić information content (AvgIpc) is 2.76. The van der Waals surface area contributed by atoms with Gasteiger partial charge in [0, 0.05) is 36.9 Å². The summed E-state index contributed by atoms with van der Waals surface area (Å²) in [6, 6.07) is 10.2.